The molecule has 1 aromatic rings. The molecule has 0 saturated carbocycles. The Morgan fingerprint density at radius 3 is 2.77 bits per heavy atom. The predicted molar refractivity (Wildman–Crippen MR) is 49.1 cm³/mol. The Bertz CT molecular complexity index is 354. The van der Waals surface area contributed by atoms with Crippen LogP contribution in [0.25, 0.3) is 0 Å². The van der Waals surface area contributed by atoms with E-state index in [2.05, 4.69) is 0 Å². The fourth-order valence-electron chi connectivity index (χ4n) is 1.47. The molecule has 0 aromatic heterocycles. The quantitative estimate of drug-likeness (QED) is 0.649. The average molecular weight is 200 g/mol. The molecule has 0 aliphatic carbocycles. The van der Waals surface area contributed by atoms with E-state index in [-0.39, 0.29) is 5.30 Å². The lowest BCUT2D eigenvalue weighted by atomic mass is 10.3. The average Bonchev–Trinajstić information content (AvgIpc) is 2.54. The summed E-state index contributed by atoms with van der Waals surface area (Å²) >= 11 is 0. The number of benzene rings is 1. The van der Waals surface area contributed by atoms with Crippen LogP contribution in [0.15, 0.2) is 24.3 Å². The molecule has 1 fully saturated rings. The van der Waals surface area contributed by atoms with Crippen LogP contribution in [0.2, 0.25) is 0 Å². The number of hydrogen-bond donors (Lipinski definition) is 0. The molecule has 1 aliphatic heterocycles. The lowest BCUT2D eigenvalue weighted by Gasteiger charge is -2.10. The molecule has 2 nitrogen and oxygen atoms in total. The third-order valence-electron chi connectivity index (χ3n) is 2.12. The van der Waals surface area contributed by atoms with Gasteiger partial charge < -0.3 is 4.52 Å². The first-order valence-corrected chi connectivity index (χ1v) is 6.02. The van der Waals surface area contributed by atoms with Gasteiger partial charge in [-0.25, -0.2) is 4.39 Å². The molecule has 13 heavy (non-hydrogen) atoms. The third-order valence-corrected chi connectivity index (χ3v) is 4.72. The van der Waals surface area contributed by atoms with Gasteiger partial charge in [-0.3, -0.25) is 4.57 Å². The summed E-state index contributed by atoms with van der Waals surface area (Å²) in [5.41, 5.74) is 0. The van der Waals surface area contributed by atoms with Crippen molar-refractivity contribution in [1.29, 1.82) is 0 Å². The van der Waals surface area contributed by atoms with Crippen molar-refractivity contribution in [1.82, 2.24) is 0 Å². The zero-order valence-electron chi connectivity index (χ0n) is 7.07. The molecule has 1 aromatic carbocycles. The van der Waals surface area contributed by atoms with Crippen LogP contribution in [0.3, 0.4) is 0 Å². The van der Waals surface area contributed by atoms with Crippen molar-refractivity contribution in [2.45, 2.75) is 6.42 Å². The maximum atomic E-state index is 13.2. The highest BCUT2D eigenvalue weighted by Crippen LogP contribution is 2.50. The summed E-state index contributed by atoms with van der Waals surface area (Å²) < 4.78 is 30.3. The maximum absolute atomic E-state index is 13.2. The molecule has 1 aliphatic rings. The van der Waals surface area contributed by atoms with E-state index in [4.69, 9.17) is 4.52 Å². The van der Waals surface area contributed by atoms with Gasteiger partial charge in [0.1, 0.15) is 5.82 Å². The van der Waals surface area contributed by atoms with Gasteiger partial charge in [-0.2, -0.15) is 0 Å². The van der Waals surface area contributed by atoms with Crippen LogP contribution in [0, 0.1) is 5.82 Å². The Hall–Kier alpha value is -0.660. The molecule has 1 atom stereocenters. The van der Waals surface area contributed by atoms with Crippen molar-refractivity contribution in [3.8, 4) is 0 Å². The van der Waals surface area contributed by atoms with E-state index in [9.17, 15) is 8.96 Å². The summed E-state index contributed by atoms with van der Waals surface area (Å²) in [6.45, 7) is 0.478. The lowest BCUT2D eigenvalue weighted by Crippen LogP contribution is -2.09. The van der Waals surface area contributed by atoms with Gasteiger partial charge in [0, 0.05) is 6.16 Å². The van der Waals surface area contributed by atoms with Gasteiger partial charge in [-0.05, 0) is 18.6 Å². The highest BCUT2D eigenvalue weighted by molar-refractivity contribution is 7.67. The predicted octanol–water partition coefficient (Wildman–Crippen LogP) is 2.15. The molecule has 0 amide bonds. The van der Waals surface area contributed by atoms with E-state index in [1.165, 1.54) is 6.07 Å². The minimum Gasteiger partial charge on any atom is -0.325 e. The van der Waals surface area contributed by atoms with Crippen molar-refractivity contribution in [3.05, 3.63) is 30.1 Å². The first kappa shape index (κ1) is 8.92. The van der Waals surface area contributed by atoms with E-state index < -0.39 is 13.2 Å². The number of hydrogen-bond acceptors (Lipinski definition) is 2. The minimum atomic E-state index is -2.84. The monoisotopic (exact) mass is 200 g/mol. The van der Waals surface area contributed by atoms with Gasteiger partial charge in [-0.15, -0.1) is 0 Å². The molecular weight excluding hydrogens is 190 g/mol. The van der Waals surface area contributed by atoms with Crippen LogP contribution in [0.4, 0.5) is 4.39 Å². The van der Waals surface area contributed by atoms with E-state index in [0.29, 0.717) is 12.8 Å². The van der Waals surface area contributed by atoms with Gasteiger partial charge in [0.2, 0.25) is 7.37 Å². The zero-order chi connectivity index (χ0) is 9.31. The second kappa shape index (κ2) is 3.24. The van der Waals surface area contributed by atoms with Crippen molar-refractivity contribution in [2.75, 3.05) is 12.8 Å². The lowest BCUT2D eigenvalue weighted by molar-refractivity contribution is 0.356. The van der Waals surface area contributed by atoms with Crippen LogP contribution >= 0.6 is 7.37 Å². The number of halogens is 1. The van der Waals surface area contributed by atoms with Crippen LogP contribution in [0.5, 0.6) is 0 Å². The van der Waals surface area contributed by atoms with Gasteiger partial charge in [0.05, 0.1) is 11.9 Å². The van der Waals surface area contributed by atoms with Gasteiger partial charge >= 0.3 is 0 Å². The topological polar surface area (TPSA) is 26.3 Å². The highest BCUT2D eigenvalue weighted by atomic mass is 31.2. The summed E-state index contributed by atoms with van der Waals surface area (Å²) in [6, 6.07) is 6.12. The van der Waals surface area contributed by atoms with Gasteiger partial charge in [0.15, 0.2) is 0 Å². The Labute approximate surface area is 76.2 Å². The van der Waals surface area contributed by atoms with Gasteiger partial charge in [0.25, 0.3) is 0 Å². The van der Waals surface area contributed by atoms with E-state index in [1.807, 2.05) is 0 Å². The Morgan fingerprint density at radius 2 is 2.15 bits per heavy atom. The Morgan fingerprint density at radius 1 is 1.38 bits per heavy atom. The molecule has 2 rings (SSSR count). The molecule has 1 saturated heterocycles. The molecule has 1 heterocycles. The van der Waals surface area contributed by atoms with E-state index in [0.717, 1.165) is 6.42 Å². The summed E-state index contributed by atoms with van der Waals surface area (Å²) in [5.74, 6) is -0.423. The fraction of sp³-hybridized carbons (Fsp3) is 0.333. The maximum Gasteiger partial charge on any atom is 0.235 e. The SMILES string of the molecule is O=P1(c2ccccc2F)CCCO1. The van der Waals surface area contributed by atoms with Gasteiger partial charge in [-0.1, -0.05) is 12.1 Å². The molecular formula is C9H10FO2P. The third kappa shape index (κ3) is 1.54. The first-order valence-electron chi connectivity index (χ1n) is 4.21. The zero-order valence-corrected chi connectivity index (χ0v) is 7.97. The van der Waals surface area contributed by atoms with Crippen LogP contribution in [-0.4, -0.2) is 12.8 Å². The van der Waals surface area contributed by atoms with Crippen molar-refractivity contribution < 1.29 is 13.5 Å². The molecule has 70 valence electrons. The summed E-state index contributed by atoms with van der Waals surface area (Å²) in [4.78, 5) is 0. The minimum absolute atomic E-state index is 0.243. The van der Waals surface area contributed by atoms with Crippen molar-refractivity contribution in [3.63, 3.8) is 0 Å². The molecule has 0 bridgehead atoms. The van der Waals surface area contributed by atoms with Crippen LogP contribution in [-0.2, 0) is 9.09 Å². The first-order chi connectivity index (χ1) is 6.22. The van der Waals surface area contributed by atoms with Crippen molar-refractivity contribution >= 4 is 12.7 Å². The normalized spacial score (nSPS) is 27.8. The Balaban J connectivity index is 2.45. The molecule has 0 radical (unpaired) electrons. The fourth-order valence-corrected chi connectivity index (χ4v) is 3.66. The molecule has 4 heteroatoms. The largest absolute Gasteiger partial charge is 0.325 e. The molecule has 0 N–H and O–H groups in total. The summed E-state index contributed by atoms with van der Waals surface area (Å²) in [6.07, 6.45) is 1.22. The highest BCUT2D eigenvalue weighted by Gasteiger charge is 2.32. The molecule has 1 unspecified atom stereocenters. The second-order valence-corrected chi connectivity index (χ2v) is 5.57. The van der Waals surface area contributed by atoms with E-state index in [1.54, 1.807) is 18.2 Å². The Kier molecular flexibility index (Phi) is 2.22. The standard InChI is InChI=1S/C9H10FO2P/c10-8-4-1-2-5-9(8)13(11)7-3-6-12-13/h1-2,4-5H,3,6-7H2. The second-order valence-electron chi connectivity index (χ2n) is 3.04. The van der Waals surface area contributed by atoms with Crippen LogP contribution < -0.4 is 5.30 Å². The van der Waals surface area contributed by atoms with Crippen molar-refractivity contribution in [2.24, 2.45) is 0 Å². The summed E-state index contributed by atoms with van der Waals surface area (Å²) in [5, 5.41) is 0.243. The summed E-state index contributed by atoms with van der Waals surface area (Å²) in [7, 11) is -2.84. The molecule has 0 spiro atoms. The number of rotatable bonds is 1. The smallest absolute Gasteiger partial charge is 0.235 e. The van der Waals surface area contributed by atoms with E-state index >= 15 is 0 Å². The van der Waals surface area contributed by atoms with Crippen LogP contribution in [0.1, 0.15) is 6.42 Å².